The highest BCUT2D eigenvalue weighted by Gasteiger charge is 2.38. The highest BCUT2D eigenvalue weighted by Crippen LogP contribution is 2.38. The van der Waals surface area contributed by atoms with Crippen LogP contribution in [0.5, 0.6) is 0 Å². The fraction of sp³-hybridized carbons (Fsp3) is 0.417. The molecular weight excluding hydrogens is 299 g/mol. The molecule has 0 aliphatic rings. The van der Waals surface area contributed by atoms with Crippen LogP contribution >= 0.6 is 0 Å². The van der Waals surface area contributed by atoms with Crippen molar-refractivity contribution in [2.75, 3.05) is 6.61 Å². The van der Waals surface area contributed by atoms with E-state index < -0.39 is 47.5 Å². The molecule has 4 nitrogen and oxygen atoms in total. The Morgan fingerprint density at radius 1 is 1.48 bits per heavy atom. The smallest absolute Gasteiger partial charge is 0.417 e. The normalized spacial score (nSPS) is 11.3. The second kappa shape index (κ2) is 6.47. The van der Waals surface area contributed by atoms with E-state index in [2.05, 4.69) is 9.72 Å². The molecule has 0 aliphatic heterocycles. The first-order valence-corrected chi connectivity index (χ1v) is 5.65. The minimum atomic E-state index is -5.09. The Kier molecular flexibility index (Phi) is 5.18. The molecular formula is C12H9F5N2O2. The van der Waals surface area contributed by atoms with Crippen molar-refractivity contribution in [3.63, 3.8) is 0 Å². The van der Waals surface area contributed by atoms with Crippen LogP contribution in [0.25, 0.3) is 0 Å². The van der Waals surface area contributed by atoms with Gasteiger partial charge in [-0.1, -0.05) is 0 Å². The van der Waals surface area contributed by atoms with Gasteiger partial charge in [0.2, 0.25) is 0 Å². The van der Waals surface area contributed by atoms with Crippen molar-refractivity contribution in [2.45, 2.75) is 25.9 Å². The highest BCUT2D eigenvalue weighted by molar-refractivity contribution is 5.72. The Bertz CT molecular complexity index is 578. The zero-order valence-corrected chi connectivity index (χ0v) is 10.7. The zero-order valence-electron chi connectivity index (χ0n) is 10.7. The topological polar surface area (TPSA) is 63.0 Å². The van der Waals surface area contributed by atoms with Crippen molar-refractivity contribution >= 4 is 5.97 Å². The molecule has 0 saturated carbocycles. The van der Waals surface area contributed by atoms with E-state index in [1.165, 1.54) is 13.0 Å². The lowest BCUT2D eigenvalue weighted by molar-refractivity contribution is -0.143. The summed E-state index contributed by atoms with van der Waals surface area (Å²) in [7, 11) is 0. The number of aromatic nitrogens is 1. The van der Waals surface area contributed by atoms with Crippen molar-refractivity contribution in [2.24, 2.45) is 0 Å². The van der Waals surface area contributed by atoms with E-state index in [-0.39, 0.29) is 12.7 Å². The van der Waals surface area contributed by atoms with E-state index in [9.17, 15) is 26.7 Å². The lowest BCUT2D eigenvalue weighted by Gasteiger charge is -2.16. The van der Waals surface area contributed by atoms with Crippen LogP contribution in [-0.4, -0.2) is 17.6 Å². The number of nitriles is 1. The number of carbonyl (C=O) groups is 1. The minimum absolute atomic E-state index is 0.0626. The van der Waals surface area contributed by atoms with E-state index in [0.717, 1.165) is 0 Å². The maximum atomic E-state index is 12.9. The number of alkyl halides is 5. The maximum absolute atomic E-state index is 12.9. The summed E-state index contributed by atoms with van der Waals surface area (Å²) in [4.78, 5) is 14.6. The molecule has 21 heavy (non-hydrogen) atoms. The van der Waals surface area contributed by atoms with Crippen LogP contribution in [0.4, 0.5) is 22.0 Å². The Morgan fingerprint density at radius 3 is 2.52 bits per heavy atom. The van der Waals surface area contributed by atoms with E-state index in [0.29, 0.717) is 0 Å². The van der Waals surface area contributed by atoms with Gasteiger partial charge >= 0.3 is 12.1 Å². The molecule has 0 unspecified atom stereocenters. The molecule has 0 amide bonds. The van der Waals surface area contributed by atoms with Gasteiger partial charge in [-0.15, -0.1) is 0 Å². The molecule has 0 aliphatic carbocycles. The van der Waals surface area contributed by atoms with Gasteiger partial charge in [-0.2, -0.15) is 18.4 Å². The molecule has 114 valence electrons. The van der Waals surface area contributed by atoms with Crippen LogP contribution in [0.3, 0.4) is 0 Å². The van der Waals surface area contributed by atoms with Crippen molar-refractivity contribution in [1.29, 1.82) is 5.26 Å². The van der Waals surface area contributed by atoms with Gasteiger partial charge in [-0.25, -0.2) is 13.8 Å². The molecule has 0 spiro atoms. The molecule has 1 heterocycles. The molecule has 0 radical (unpaired) electrons. The molecule has 0 aromatic carbocycles. The number of halogens is 5. The van der Waals surface area contributed by atoms with Crippen LogP contribution in [-0.2, 0) is 22.1 Å². The average Bonchev–Trinajstić information content (AvgIpc) is 2.36. The Morgan fingerprint density at radius 2 is 2.10 bits per heavy atom. The summed E-state index contributed by atoms with van der Waals surface area (Å²) in [5, 5.41) is 8.64. The van der Waals surface area contributed by atoms with Crippen molar-refractivity contribution < 1.29 is 31.5 Å². The number of esters is 1. The van der Waals surface area contributed by atoms with Crippen LogP contribution < -0.4 is 0 Å². The summed E-state index contributed by atoms with van der Waals surface area (Å²) >= 11 is 0. The predicted molar refractivity (Wildman–Crippen MR) is 59.2 cm³/mol. The standard InChI is InChI=1S/C12H9F5N2O2/c1-2-21-9(20)4-8-10(11(13)14)7(12(15,16)17)3-6(5-18)19-8/h3,11H,2,4H2,1H3. The van der Waals surface area contributed by atoms with Crippen LogP contribution in [0, 0.1) is 11.3 Å². The van der Waals surface area contributed by atoms with Crippen molar-refractivity contribution in [3.8, 4) is 6.07 Å². The summed E-state index contributed by atoms with van der Waals surface area (Å²) in [5.74, 6) is -1.00. The van der Waals surface area contributed by atoms with E-state index in [1.807, 2.05) is 0 Å². The Balaban J connectivity index is 3.46. The summed E-state index contributed by atoms with van der Waals surface area (Å²) < 4.78 is 68.7. The molecule has 0 N–H and O–H groups in total. The largest absolute Gasteiger partial charge is 0.466 e. The summed E-state index contributed by atoms with van der Waals surface area (Å²) in [6.45, 7) is 1.39. The van der Waals surface area contributed by atoms with E-state index in [4.69, 9.17) is 5.26 Å². The number of nitrogens with zero attached hydrogens (tertiary/aromatic N) is 2. The van der Waals surface area contributed by atoms with Gasteiger partial charge in [0.05, 0.1) is 29.8 Å². The third-order valence-electron chi connectivity index (χ3n) is 2.39. The summed E-state index contributed by atoms with van der Waals surface area (Å²) in [6, 6.07) is 1.58. The number of carbonyl (C=O) groups excluding carboxylic acids is 1. The van der Waals surface area contributed by atoms with Crippen LogP contribution in [0.2, 0.25) is 0 Å². The van der Waals surface area contributed by atoms with Gasteiger partial charge in [0, 0.05) is 0 Å². The first-order chi connectivity index (χ1) is 9.70. The number of rotatable bonds is 4. The molecule has 1 aromatic rings. The lowest BCUT2D eigenvalue weighted by Crippen LogP contribution is -2.17. The Hall–Kier alpha value is -2.24. The third kappa shape index (κ3) is 4.11. The van der Waals surface area contributed by atoms with Gasteiger partial charge in [-0.05, 0) is 13.0 Å². The van der Waals surface area contributed by atoms with Crippen molar-refractivity contribution in [3.05, 3.63) is 28.6 Å². The summed E-state index contributed by atoms with van der Waals surface area (Å²) in [5.41, 5.74) is -4.60. The lowest BCUT2D eigenvalue weighted by atomic mass is 10.0. The second-order valence-corrected chi connectivity index (χ2v) is 3.81. The fourth-order valence-corrected chi connectivity index (χ4v) is 1.63. The zero-order chi connectivity index (χ0) is 16.2. The van der Waals surface area contributed by atoms with Gasteiger partial charge < -0.3 is 4.74 Å². The number of ether oxygens (including phenoxy) is 1. The molecule has 0 saturated heterocycles. The molecule has 0 atom stereocenters. The first-order valence-electron chi connectivity index (χ1n) is 5.65. The second-order valence-electron chi connectivity index (χ2n) is 3.81. The number of hydrogen-bond acceptors (Lipinski definition) is 4. The number of pyridine rings is 1. The summed E-state index contributed by atoms with van der Waals surface area (Å²) in [6.07, 6.45) is -9.46. The molecule has 0 bridgehead atoms. The third-order valence-corrected chi connectivity index (χ3v) is 2.39. The van der Waals surface area contributed by atoms with Gasteiger partial charge in [0.15, 0.2) is 0 Å². The SMILES string of the molecule is CCOC(=O)Cc1nc(C#N)cc(C(F)(F)F)c1C(F)F. The van der Waals surface area contributed by atoms with Crippen LogP contribution in [0.15, 0.2) is 6.07 Å². The van der Waals surface area contributed by atoms with E-state index in [1.54, 1.807) is 0 Å². The number of hydrogen-bond donors (Lipinski definition) is 0. The quantitative estimate of drug-likeness (QED) is 0.633. The molecule has 1 aromatic heterocycles. The molecule has 1 rings (SSSR count). The maximum Gasteiger partial charge on any atom is 0.417 e. The van der Waals surface area contributed by atoms with E-state index >= 15 is 0 Å². The first kappa shape index (κ1) is 16.8. The van der Waals surface area contributed by atoms with Gasteiger partial charge in [0.1, 0.15) is 11.8 Å². The van der Waals surface area contributed by atoms with Gasteiger partial charge in [0.25, 0.3) is 6.43 Å². The van der Waals surface area contributed by atoms with Crippen molar-refractivity contribution in [1.82, 2.24) is 4.98 Å². The van der Waals surface area contributed by atoms with Crippen LogP contribution in [0.1, 0.15) is 35.9 Å². The predicted octanol–water partition coefficient (Wildman–Crippen LogP) is 3.02. The molecule has 9 heteroatoms. The fourth-order valence-electron chi connectivity index (χ4n) is 1.63. The molecule has 0 fully saturated rings. The monoisotopic (exact) mass is 308 g/mol. The highest BCUT2D eigenvalue weighted by atomic mass is 19.4. The Labute approximate surface area is 116 Å². The minimum Gasteiger partial charge on any atom is -0.466 e. The average molecular weight is 308 g/mol. The van der Waals surface area contributed by atoms with Gasteiger partial charge in [-0.3, -0.25) is 4.79 Å².